The van der Waals surface area contributed by atoms with Gasteiger partial charge in [0, 0.05) is 12.1 Å². The number of hydrogen-bond donors (Lipinski definition) is 1. The summed E-state index contributed by atoms with van der Waals surface area (Å²) in [6.45, 7) is 2.82. The van der Waals surface area contributed by atoms with Crippen molar-refractivity contribution >= 4 is 21.8 Å². The molecule has 0 radical (unpaired) electrons. The van der Waals surface area contributed by atoms with Crippen LogP contribution in [0.25, 0.3) is 0 Å². The molecule has 148 valence electrons. The molecule has 7 nitrogen and oxygen atoms in total. The standard InChI is InChI=1S/C19H18FNO6S/c1-3-9-21-28(24,25)15-6-4-5-14(10-15)19(23)27-12-17(22)13-7-8-18(26-2)16(20)11-13/h3-8,10-11,21H,1,9,12H2,2H3. The third-order valence-corrected chi connectivity index (χ3v) is 5.03. The summed E-state index contributed by atoms with van der Waals surface area (Å²) in [4.78, 5) is 24.1. The summed E-state index contributed by atoms with van der Waals surface area (Å²) in [6.07, 6.45) is 1.38. The number of carbonyl (C=O) groups is 2. The Kier molecular flexibility index (Phi) is 7.02. The molecule has 0 amide bonds. The van der Waals surface area contributed by atoms with Gasteiger partial charge in [-0.15, -0.1) is 6.58 Å². The van der Waals surface area contributed by atoms with Gasteiger partial charge in [0.1, 0.15) is 0 Å². The monoisotopic (exact) mass is 407 g/mol. The molecule has 0 aromatic heterocycles. The number of ketones is 1. The Morgan fingerprint density at radius 1 is 1.18 bits per heavy atom. The summed E-state index contributed by atoms with van der Waals surface area (Å²) in [7, 11) is -2.52. The van der Waals surface area contributed by atoms with Gasteiger partial charge in [0.2, 0.25) is 10.0 Å². The molecule has 0 aliphatic carbocycles. The lowest BCUT2D eigenvalue weighted by molar-refractivity contribution is 0.0474. The fourth-order valence-corrected chi connectivity index (χ4v) is 3.22. The Morgan fingerprint density at radius 3 is 2.57 bits per heavy atom. The minimum atomic E-state index is -3.81. The lowest BCUT2D eigenvalue weighted by Crippen LogP contribution is -2.24. The molecule has 0 saturated heterocycles. The number of Topliss-reactive ketones (excluding diaryl/α,β-unsaturated/α-hetero) is 1. The summed E-state index contributed by atoms with van der Waals surface area (Å²) in [5.41, 5.74) is -0.0359. The van der Waals surface area contributed by atoms with Gasteiger partial charge in [0.05, 0.1) is 17.6 Å². The number of halogens is 1. The zero-order valence-electron chi connectivity index (χ0n) is 15.0. The van der Waals surface area contributed by atoms with Crippen LogP contribution in [0.2, 0.25) is 0 Å². The Bertz CT molecular complexity index is 1000. The number of benzene rings is 2. The molecule has 0 spiro atoms. The molecule has 0 heterocycles. The summed E-state index contributed by atoms with van der Waals surface area (Å²) >= 11 is 0. The van der Waals surface area contributed by atoms with E-state index in [2.05, 4.69) is 11.3 Å². The van der Waals surface area contributed by atoms with Gasteiger partial charge < -0.3 is 9.47 Å². The summed E-state index contributed by atoms with van der Waals surface area (Å²) < 4.78 is 49.8. The van der Waals surface area contributed by atoms with E-state index in [9.17, 15) is 22.4 Å². The van der Waals surface area contributed by atoms with Gasteiger partial charge in [-0.1, -0.05) is 12.1 Å². The SMILES string of the molecule is C=CCNS(=O)(=O)c1cccc(C(=O)OCC(=O)c2ccc(OC)c(F)c2)c1. The average Bonchev–Trinajstić information content (AvgIpc) is 2.70. The number of sulfonamides is 1. The van der Waals surface area contributed by atoms with Crippen LogP contribution in [0.1, 0.15) is 20.7 Å². The molecule has 0 atom stereocenters. The van der Waals surface area contributed by atoms with Crippen LogP contribution in [0.15, 0.2) is 60.0 Å². The predicted octanol–water partition coefficient (Wildman–Crippen LogP) is 2.34. The number of ether oxygens (including phenoxy) is 2. The van der Waals surface area contributed by atoms with Gasteiger partial charge >= 0.3 is 5.97 Å². The lowest BCUT2D eigenvalue weighted by Gasteiger charge is -2.08. The van der Waals surface area contributed by atoms with Crippen molar-refractivity contribution in [2.45, 2.75) is 4.90 Å². The maximum Gasteiger partial charge on any atom is 0.338 e. The minimum absolute atomic E-state index is 0.0102. The van der Waals surface area contributed by atoms with Gasteiger partial charge in [0.25, 0.3) is 0 Å². The zero-order chi connectivity index (χ0) is 20.7. The van der Waals surface area contributed by atoms with Crippen molar-refractivity contribution in [1.29, 1.82) is 0 Å². The number of rotatable bonds is 9. The van der Waals surface area contributed by atoms with Crippen molar-refractivity contribution in [3.05, 3.63) is 72.1 Å². The van der Waals surface area contributed by atoms with Crippen molar-refractivity contribution < 1.29 is 31.9 Å². The van der Waals surface area contributed by atoms with E-state index in [0.29, 0.717) is 0 Å². The predicted molar refractivity (Wildman–Crippen MR) is 99.4 cm³/mol. The fourth-order valence-electron chi connectivity index (χ4n) is 2.18. The van der Waals surface area contributed by atoms with Crippen LogP contribution >= 0.6 is 0 Å². The van der Waals surface area contributed by atoms with Crippen LogP contribution in [0.5, 0.6) is 5.75 Å². The highest BCUT2D eigenvalue weighted by atomic mass is 32.2. The van der Waals surface area contributed by atoms with Gasteiger partial charge in [-0.05, 0) is 36.4 Å². The van der Waals surface area contributed by atoms with E-state index < -0.39 is 34.2 Å². The third-order valence-electron chi connectivity index (χ3n) is 3.61. The van der Waals surface area contributed by atoms with Crippen molar-refractivity contribution in [2.24, 2.45) is 0 Å². The largest absolute Gasteiger partial charge is 0.494 e. The molecular formula is C19H18FNO6S. The maximum absolute atomic E-state index is 13.7. The molecule has 0 fully saturated rings. The number of carbonyl (C=O) groups excluding carboxylic acids is 2. The van der Waals surface area contributed by atoms with Crippen LogP contribution < -0.4 is 9.46 Å². The van der Waals surface area contributed by atoms with E-state index in [0.717, 1.165) is 12.1 Å². The molecule has 0 aliphatic rings. The smallest absolute Gasteiger partial charge is 0.338 e. The summed E-state index contributed by atoms with van der Waals surface area (Å²) in [5.74, 6) is -2.24. The van der Waals surface area contributed by atoms with Gasteiger partial charge in [0.15, 0.2) is 24.0 Å². The molecule has 0 saturated carbocycles. The number of methoxy groups -OCH3 is 1. The molecule has 2 rings (SSSR count). The fraction of sp³-hybridized carbons (Fsp3) is 0.158. The normalized spacial score (nSPS) is 10.9. The first-order valence-electron chi connectivity index (χ1n) is 8.03. The van der Waals surface area contributed by atoms with E-state index in [1.807, 2.05) is 0 Å². The molecule has 0 aliphatic heterocycles. The number of esters is 1. The van der Waals surface area contributed by atoms with Crippen LogP contribution in [0.4, 0.5) is 4.39 Å². The van der Waals surface area contributed by atoms with Crippen LogP contribution in [0, 0.1) is 5.82 Å². The van der Waals surface area contributed by atoms with Crippen molar-refractivity contribution in [3.63, 3.8) is 0 Å². The Morgan fingerprint density at radius 2 is 1.93 bits per heavy atom. The molecule has 1 N–H and O–H groups in total. The first-order chi connectivity index (χ1) is 13.3. The van der Waals surface area contributed by atoms with Crippen LogP contribution in [0.3, 0.4) is 0 Å². The second-order valence-electron chi connectivity index (χ2n) is 5.52. The molecule has 0 bridgehead atoms. The summed E-state index contributed by atoms with van der Waals surface area (Å²) in [5, 5.41) is 0. The summed E-state index contributed by atoms with van der Waals surface area (Å²) in [6, 6.07) is 8.78. The highest BCUT2D eigenvalue weighted by Crippen LogP contribution is 2.18. The topological polar surface area (TPSA) is 98.8 Å². The van der Waals surface area contributed by atoms with Gasteiger partial charge in [-0.2, -0.15) is 0 Å². The maximum atomic E-state index is 13.7. The first kappa shape index (κ1) is 21.3. The van der Waals surface area contributed by atoms with Crippen molar-refractivity contribution in [2.75, 3.05) is 20.3 Å². The molecule has 2 aromatic carbocycles. The second-order valence-corrected chi connectivity index (χ2v) is 7.28. The molecule has 2 aromatic rings. The van der Waals surface area contributed by atoms with E-state index in [4.69, 9.17) is 9.47 Å². The van der Waals surface area contributed by atoms with E-state index in [1.54, 1.807) is 0 Å². The van der Waals surface area contributed by atoms with Gasteiger partial charge in [-0.3, -0.25) is 4.79 Å². The highest BCUT2D eigenvalue weighted by molar-refractivity contribution is 7.89. The molecular weight excluding hydrogens is 389 g/mol. The number of hydrogen-bond acceptors (Lipinski definition) is 6. The second kappa shape index (κ2) is 9.25. The Balaban J connectivity index is 2.07. The van der Waals surface area contributed by atoms with Crippen LogP contribution in [-0.2, 0) is 14.8 Å². The molecule has 28 heavy (non-hydrogen) atoms. The zero-order valence-corrected chi connectivity index (χ0v) is 15.8. The molecule has 0 unspecified atom stereocenters. The number of nitrogens with one attached hydrogen (secondary N) is 1. The van der Waals surface area contributed by atoms with E-state index >= 15 is 0 Å². The molecule has 9 heteroatoms. The highest BCUT2D eigenvalue weighted by Gasteiger charge is 2.18. The quantitative estimate of drug-likeness (QED) is 0.389. The third kappa shape index (κ3) is 5.24. The van der Waals surface area contributed by atoms with E-state index in [1.165, 1.54) is 43.5 Å². The van der Waals surface area contributed by atoms with Crippen LogP contribution in [-0.4, -0.2) is 40.4 Å². The van der Waals surface area contributed by atoms with Gasteiger partial charge in [-0.25, -0.2) is 22.3 Å². The van der Waals surface area contributed by atoms with Crippen molar-refractivity contribution in [1.82, 2.24) is 4.72 Å². The average molecular weight is 407 g/mol. The minimum Gasteiger partial charge on any atom is -0.494 e. The van der Waals surface area contributed by atoms with E-state index in [-0.39, 0.29) is 28.3 Å². The lowest BCUT2D eigenvalue weighted by atomic mass is 10.1. The Labute approximate surface area is 161 Å². The first-order valence-corrected chi connectivity index (χ1v) is 9.51. The Hall–Kier alpha value is -3.04. The van der Waals surface area contributed by atoms with Crippen molar-refractivity contribution in [3.8, 4) is 5.75 Å².